The first-order chi connectivity index (χ1) is 20.9. The van der Waals surface area contributed by atoms with E-state index in [4.69, 9.17) is 0 Å². The van der Waals surface area contributed by atoms with Crippen LogP contribution >= 0.6 is 11.8 Å². The zero-order valence-corrected chi connectivity index (χ0v) is 24.5. The van der Waals surface area contributed by atoms with Gasteiger partial charge in [0.15, 0.2) is 11.0 Å². The molecule has 0 spiro atoms. The van der Waals surface area contributed by atoms with Gasteiger partial charge in [0.1, 0.15) is 18.2 Å². The summed E-state index contributed by atoms with van der Waals surface area (Å²) in [5.41, 5.74) is 4.86. The first kappa shape index (κ1) is 30.7. The van der Waals surface area contributed by atoms with E-state index in [0.717, 1.165) is 28.5 Å². The Bertz CT molecular complexity index is 1700. The second kappa shape index (κ2) is 12.5. The van der Waals surface area contributed by atoms with Crippen molar-refractivity contribution in [2.75, 3.05) is 17.2 Å². The Morgan fingerprint density at radius 2 is 1.73 bits per heavy atom. The number of anilines is 1. The van der Waals surface area contributed by atoms with E-state index in [2.05, 4.69) is 25.1 Å². The summed E-state index contributed by atoms with van der Waals surface area (Å²) in [7, 11) is 0. The number of carbonyl (C=O) groups excluding carboxylic acids is 2. The lowest BCUT2D eigenvalue weighted by atomic mass is 10.0. The normalized spacial score (nSPS) is 15.1. The van der Waals surface area contributed by atoms with Crippen LogP contribution in [0.4, 0.5) is 28.0 Å². The number of rotatable bonds is 7. The van der Waals surface area contributed by atoms with Gasteiger partial charge in [-0.1, -0.05) is 53.7 Å². The molecule has 1 N–H and O–H groups in total. The number of hydrogen-bond donors (Lipinski definition) is 1. The van der Waals surface area contributed by atoms with Crippen LogP contribution in [0.25, 0.3) is 17.1 Å². The number of urea groups is 1. The standard InChI is InChI=1S/C30H26F4N6O3S/c1-17-12-18(2)26(19(3)13-17)40-25(41)15-44-29(40)37-28(42)35-14-24(31)20-4-6-21(7-5-20)27-36-16-39(38-27)22-8-10-23(11-9-22)43-30(32,33)34/h4-13,16,24H,14-15H2,1-3H3,(H,35,42)/b37-29-. The predicted octanol–water partition coefficient (Wildman–Crippen LogP) is 6.61. The van der Waals surface area contributed by atoms with Crippen LogP contribution in [0.2, 0.25) is 0 Å². The molecule has 1 aromatic heterocycles. The van der Waals surface area contributed by atoms with Crippen molar-refractivity contribution in [1.29, 1.82) is 0 Å². The molecule has 9 nitrogen and oxygen atoms in total. The Morgan fingerprint density at radius 3 is 2.36 bits per heavy atom. The number of nitrogens with one attached hydrogen (secondary N) is 1. The average Bonchev–Trinajstić information content (AvgIpc) is 3.59. The van der Waals surface area contributed by atoms with Crippen molar-refractivity contribution in [2.24, 2.45) is 4.99 Å². The lowest BCUT2D eigenvalue weighted by molar-refractivity contribution is -0.274. The highest BCUT2D eigenvalue weighted by Crippen LogP contribution is 2.33. The van der Waals surface area contributed by atoms with E-state index in [1.807, 2.05) is 32.9 Å². The number of amidine groups is 1. The number of aliphatic imine (C=N–C) groups is 1. The number of ether oxygens (including phenoxy) is 1. The third kappa shape index (κ3) is 7.08. The van der Waals surface area contributed by atoms with Crippen LogP contribution < -0.4 is 15.0 Å². The van der Waals surface area contributed by atoms with Gasteiger partial charge in [-0.05, 0) is 61.7 Å². The fraction of sp³-hybridized carbons (Fsp3) is 0.233. The molecule has 228 valence electrons. The Hall–Kier alpha value is -4.72. The van der Waals surface area contributed by atoms with Crippen LogP contribution in [0.15, 0.2) is 72.0 Å². The highest BCUT2D eigenvalue weighted by atomic mass is 32.2. The highest BCUT2D eigenvalue weighted by Gasteiger charge is 2.33. The van der Waals surface area contributed by atoms with Crippen molar-refractivity contribution < 1.29 is 31.9 Å². The molecule has 1 fully saturated rings. The molecule has 14 heteroatoms. The maximum Gasteiger partial charge on any atom is 0.573 e. The maximum absolute atomic E-state index is 15.0. The van der Waals surface area contributed by atoms with Gasteiger partial charge in [-0.15, -0.1) is 18.3 Å². The number of thioether (sulfide) groups is 1. The third-order valence-electron chi connectivity index (χ3n) is 6.61. The summed E-state index contributed by atoms with van der Waals surface area (Å²) in [4.78, 5) is 34.9. The van der Waals surface area contributed by atoms with E-state index in [-0.39, 0.29) is 29.1 Å². The molecule has 1 aliphatic rings. The van der Waals surface area contributed by atoms with E-state index < -0.39 is 18.6 Å². The summed E-state index contributed by atoms with van der Waals surface area (Å²) in [5, 5.41) is 7.03. The number of hydrogen-bond acceptors (Lipinski definition) is 6. The van der Waals surface area contributed by atoms with Gasteiger partial charge in [0.05, 0.1) is 23.7 Å². The molecular weight excluding hydrogens is 600 g/mol. The van der Waals surface area contributed by atoms with Crippen LogP contribution in [0, 0.1) is 20.8 Å². The summed E-state index contributed by atoms with van der Waals surface area (Å²) in [5.74, 6) is -0.0806. The summed E-state index contributed by atoms with van der Waals surface area (Å²) in [6, 6.07) is 14.6. The van der Waals surface area contributed by atoms with E-state index in [1.165, 1.54) is 52.3 Å². The minimum atomic E-state index is -4.79. The number of alkyl halides is 4. The monoisotopic (exact) mass is 626 g/mol. The Labute approximate surface area is 254 Å². The minimum absolute atomic E-state index is 0.146. The number of benzene rings is 3. The summed E-state index contributed by atoms with van der Waals surface area (Å²) in [6.07, 6.45) is -4.92. The number of carbonyl (C=O) groups is 2. The highest BCUT2D eigenvalue weighted by molar-refractivity contribution is 8.15. The topological polar surface area (TPSA) is 102 Å². The molecule has 3 aromatic carbocycles. The molecule has 4 aromatic rings. The molecule has 0 radical (unpaired) electrons. The predicted molar refractivity (Wildman–Crippen MR) is 159 cm³/mol. The smallest absolute Gasteiger partial charge is 0.406 e. The van der Waals surface area contributed by atoms with Gasteiger partial charge in [0.2, 0.25) is 5.91 Å². The first-order valence-electron chi connectivity index (χ1n) is 13.3. The van der Waals surface area contributed by atoms with Gasteiger partial charge in [-0.2, -0.15) is 4.99 Å². The van der Waals surface area contributed by atoms with Crippen LogP contribution in [0.3, 0.4) is 0 Å². The van der Waals surface area contributed by atoms with Gasteiger partial charge in [0, 0.05) is 5.56 Å². The van der Waals surface area contributed by atoms with Gasteiger partial charge in [-0.3, -0.25) is 9.69 Å². The number of aromatic nitrogens is 3. The van der Waals surface area contributed by atoms with Crippen LogP contribution in [-0.4, -0.2) is 50.5 Å². The molecule has 2 heterocycles. The Kier molecular flexibility index (Phi) is 8.72. The number of amides is 3. The SMILES string of the molecule is Cc1cc(C)c(N2C(=O)CS/C2=N\C(=O)NCC(F)c2ccc(-c3ncn(-c4ccc(OC(F)(F)F)cc4)n3)cc2)c(C)c1. The van der Waals surface area contributed by atoms with Crippen LogP contribution in [-0.2, 0) is 4.79 Å². The molecule has 1 atom stereocenters. The minimum Gasteiger partial charge on any atom is -0.406 e. The van der Waals surface area contributed by atoms with Crippen molar-refractivity contribution in [2.45, 2.75) is 33.3 Å². The van der Waals surface area contributed by atoms with Crippen molar-refractivity contribution in [3.63, 3.8) is 0 Å². The van der Waals surface area contributed by atoms with Crippen molar-refractivity contribution in [1.82, 2.24) is 20.1 Å². The fourth-order valence-electron chi connectivity index (χ4n) is 4.77. The molecule has 0 bridgehead atoms. The summed E-state index contributed by atoms with van der Waals surface area (Å²) >= 11 is 1.15. The number of aryl methyl sites for hydroxylation is 3. The van der Waals surface area contributed by atoms with E-state index in [9.17, 15) is 22.8 Å². The molecule has 1 saturated heterocycles. The summed E-state index contributed by atoms with van der Waals surface area (Å²) in [6.45, 7) is 5.41. The molecule has 3 amide bonds. The van der Waals surface area contributed by atoms with Crippen LogP contribution in [0.1, 0.15) is 28.4 Å². The molecular formula is C30H26F4N6O3S. The molecule has 1 aliphatic heterocycles. The zero-order chi connectivity index (χ0) is 31.6. The molecule has 0 saturated carbocycles. The van der Waals surface area contributed by atoms with Crippen molar-refractivity contribution >= 4 is 34.6 Å². The second-order valence-electron chi connectivity index (χ2n) is 9.99. The van der Waals surface area contributed by atoms with Crippen molar-refractivity contribution in [3.05, 3.63) is 89.2 Å². The Morgan fingerprint density at radius 1 is 1.07 bits per heavy atom. The van der Waals surface area contributed by atoms with Crippen molar-refractivity contribution in [3.8, 4) is 22.8 Å². The third-order valence-corrected chi connectivity index (χ3v) is 7.53. The van der Waals surface area contributed by atoms with Gasteiger partial charge in [-0.25, -0.2) is 18.9 Å². The first-order valence-corrected chi connectivity index (χ1v) is 14.3. The number of nitrogens with zero attached hydrogens (tertiary/aromatic N) is 5. The van der Waals surface area contributed by atoms with Gasteiger partial charge < -0.3 is 10.1 Å². The van der Waals surface area contributed by atoms with E-state index in [0.29, 0.717) is 28.3 Å². The van der Waals surface area contributed by atoms with E-state index in [1.54, 1.807) is 12.1 Å². The Balaban J connectivity index is 1.20. The molecule has 0 aliphatic carbocycles. The molecule has 44 heavy (non-hydrogen) atoms. The van der Waals surface area contributed by atoms with Gasteiger partial charge >= 0.3 is 12.4 Å². The lowest BCUT2D eigenvalue weighted by Gasteiger charge is -2.21. The quantitative estimate of drug-likeness (QED) is 0.232. The molecule has 1 unspecified atom stereocenters. The lowest BCUT2D eigenvalue weighted by Crippen LogP contribution is -2.33. The molecule has 5 rings (SSSR count). The fourth-order valence-corrected chi connectivity index (χ4v) is 5.62. The zero-order valence-electron chi connectivity index (χ0n) is 23.7. The maximum atomic E-state index is 15.0. The summed E-state index contributed by atoms with van der Waals surface area (Å²) < 4.78 is 57.4. The van der Waals surface area contributed by atoms with E-state index >= 15 is 4.39 Å². The van der Waals surface area contributed by atoms with Crippen LogP contribution in [0.5, 0.6) is 5.75 Å². The van der Waals surface area contributed by atoms with Gasteiger partial charge in [0.25, 0.3) is 0 Å². The largest absolute Gasteiger partial charge is 0.573 e. The average molecular weight is 627 g/mol. The second-order valence-corrected chi connectivity index (χ2v) is 10.9. The number of halogens is 4.